The number of nitrogens with zero attached hydrogens (tertiary/aromatic N) is 1. The molecule has 2 aromatic rings. The maximum absolute atomic E-state index is 12.1. The maximum atomic E-state index is 12.1. The molecule has 0 unspecified atom stereocenters. The van der Waals surface area contributed by atoms with E-state index < -0.39 is 0 Å². The van der Waals surface area contributed by atoms with E-state index >= 15 is 0 Å². The Kier molecular flexibility index (Phi) is 8.45. The third-order valence-electron chi connectivity index (χ3n) is 3.12. The summed E-state index contributed by atoms with van der Waals surface area (Å²) < 4.78 is 5.66. The first-order valence-electron chi connectivity index (χ1n) is 6.61. The van der Waals surface area contributed by atoms with E-state index in [9.17, 15) is 4.79 Å². The van der Waals surface area contributed by atoms with Crippen molar-refractivity contribution in [1.82, 2.24) is 9.88 Å². The number of halogens is 2. The van der Waals surface area contributed by atoms with E-state index in [4.69, 9.17) is 21.6 Å². The van der Waals surface area contributed by atoms with Crippen LogP contribution >= 0.6 is 24.8 Å². The number of nitrogens with two attached hydrogens (primary N) is 2. The normalized spacial score (nSPS) is 9.65. The van der Waals surface area contributed by atoms with Gasteiger partial charge in [0.2, 0.25) is 0 Å². The van der Waals surface area contributed by atoms with Gasteiger partial charge in [0, 0.05) is 12.4 Å². The van der Waals surface area contributed by atoms with Crippen molar-refractivity contribution in [3.63, 3.8) is 0 Å². The first kappa shape index (κ1) is 21.0. The Labute approximate surface area is 146 Å². The molecule has 0 aliphatic heterocycles. The molecule has 1 aromatic heterocycles. The maximum Gasteiger partial charge on any atom is 0.276 e. The van der Waals surface area contributed by atoms with E-state index in [0.29, 0.717) is 24.6 Å². The van der Waals surface area contributed by atoms with E-state index in [-0.39, 0.29) is 36.7 Å². The second kappa shape index (κ2) is 9.24. The first-order valence-corrected chi connectivity index (χ1v) is 6.61. The summed E-state index contributed by atoms with van der Waals surface area (Å²) in [5, 5.41) is 8.16. The van der Waals surface area contributed by atoms with E-state index in [1.54, 1.807) is 6.07 Å². The number of guanidine groups is 1. The van der Waals surface area contributed by atoms with Gasteiger partial charge in [-0.25, -0.2) is 0 Å². The molecule has 0 radical (unpaired) electrons. The van der Waals surface area contributed by atoms with E-state index in [1.807, 2.05) is 18.2 Å². The van der Waals surface area contributed by atoms with Gasteiger partial charge in [-0.3, -0.25) is 15.1 Å². The lowest BCUT2D eigenvalue weighted by molar-refractivity contribution is 0.0864. The number of aromatic amines is 1. The van der Waals surface area contributed by atoms with Gasteiger partial charge in [0.25, 0.3) is 5.91 Å². The zero-order valence-electron chi connectivity index (χ0n) is 12.7. The van der Waals surface area contributed by atoms with E-state index in [0.717, 1.165) is 22.2 Å². The molecule has 0 saturated heterocycles. The van der Waals surface area contributed by atoms with Crippen LogP contribution in [-0.2, 0) is 0 Å². The van der Waals surface area contributed by atoms with Crippen LogP contribution in [0.2, 0.25) is 0 Å². The van der Waals surface area contributed by atoms with Crippen molar-refractivity contribution in [2.24, 2.45) is 11.5 Å². The number of hydrogen-bond acceptors (Lipinski definition) is 4. The van der Waals surface area contributed by atoms with Crippen LogP contribution in [-0.4, -0.2) is 41.9 Å². The molecule has 0 spiro atoms. The molecule has 7 nitrogen and oxygen atoms in total. The minimum Gasteiger partial charge on any atom is -0.491 e. The SMILES string of the molecule is CN(C(=N)N)C(=O)c1cc2cccc(OCCCN)c2[nH]1.Cl.Cl. The number of carbonyl (C=O) groups excluding carboxylic acids is 1. The number of ether oxygens (including phenoxy) is 1. The Hall–Kier alpha value is -1.96. The van der Waals surface area contributed by atoms with Gasteiger partial charge >= 0.3 is 0 Å². The zero-order valence-corrected chi connectivity index (χ0v) is 14.3. The molecule has 1 amide bonds. The van der Waals surface area contributed by atoms with E-state index in [1.165, 1.54) is 7.05 Å². The Morgan fingerprint density at radius 3 is 2.70 bits per heavy atom. The number of benzene rings is 1. The van der Waals surface area contributed by atoms with Gasteiger partial charge in [0.05, 0.1) is 12.1 Å². The fraction of sp³-hybridized carbons (Fsp3) is 0.286. The average Bonchev–Trinajstić information content (AvgIpc) is 2.90. The van der Waals surface area contributed by atoms with Gasteiger partial charge in [-0.05, 0) is 25.1 Å². The van der Waals surface area contributed by atoms with Crippen molar-refractivity contribution in [2.45, 2.75) is 6.42 Å². The number of rotatable bonds is 5. The van der Waals surface area contributed by atoms with Gasteiger partial charge in [0.1, 0.15) is 11.4 Å². The highest BCUT2D eigenvalue weighted by atomic mass is 35.5. The molecule has 1 aromatic carbocycles. The quantitative estimate of drug-likeness (QED) is 0.367. The Bertz CT molecular complexity index is 674. The molecule has 0 saturated carbocycles. The fourth-order valence-electron chi connectivity index (χ4n) is 1.92. The summed E-state index contributed by atoms with van der Waals surface area (Å²) in [5.74, 6) is -0.00448. The van der Waals surface area contributed by atoms with Gasteiger partial charge in [-0.15, -0.1) is 24.8 Å². The van der Waals surface area contributed by atoms with Crippen LogP contribution in [0.3, 0.4) is 0 Å². The van der Waals surface area contributed by atoms with E-state index in [2.05, 4.69) is 4.98 Å². The predicted molar refractivity (Wildman–Crippen MR) is 96.0 cm³/mol. The molecule has 0 atom stereocenters. The molecular weight excluding hydrogens is 341 g/mol. The number of amides is 1. The summed E-state index contributed by atoms with van der Waals surface area (Å²) in [6.45, 7) is 1.08. The lowest BCUT2D eigenvalue weighted by Gasteiger charge is -2.12. The summed E-state index contributed by atoms with van der Waals surface area (Å²) in [7, 11) is 1.45. The van der Waals surface area contributed by atoms with Crippen LogP contribution in [0.15, 0.2) is 24.3 Å². The van der Waals surface area contributed by atoms with Gasteiger partial charge in [-0.2, -0.15) is 0 Å². The van der Waals surface area contributed by atoms with Crippen molar-refractivity contribution in [1.29, 1.82) is 5.41 Å². The lowest BCUT2D eigenvalue weighted by Crippen LogP contribution is -2.38. The monoisotopic (exact) mass is 361 g/mol. The van der Waals surface area contributed by atoms with Crippen molar-refractivity contribution in [3.05, 3.63) is 30.0 Å². The van der Waals surface area contributed by atoms with Gasteiger partial charge in [-0.1, -0.05) is 12.1 Å². The Morgan fingerprint density at radius 2 is 2.09 bits per heavy atom. The number of para-hydroxylation sites is 1. The smallest absolute Gasteiger partial charge is 0.276 e. The second-order valence-electron chi connectivity index (χ2n) is 4.64. The van der Waals surface area contributed by atoms with Gasteiger partial charge in [0.15, 0.2) is 5.96 Å². The fourth-order valence-corrected chi connectivity index (χ4v) is 1.92. The van der Waals surface area contributed by atoms with Crippen molar-refractivity contribution >= 4 is 47.6 Å². The predicted octanol–water partition coefficient (Wildman–Crippen LogP) is 1.70. The number of fused-ring (bicyclic) bond motifs is 1. The molecule has 0 aliphatic carbocycles. The molecule has 1 heterocycles. The Morgan fingerprint density at radius 1 is 1.39 bits per heavy atom. The minimum absolute atomic E-state index is 0. The molecule has 0 bridgehead atoms. The summed E-state index contributed by atoms with van der Waals surface area (Å²) in [5.41, 5.74) is 11.9. The molecule has 23 heavy (non-hydrogen) atoms. The molecule has 9 heteroatoms. The number of aromatic nitrogens is 1. The molecule has 0 aliphatic rings. The molecule has 6 N–H and O–H groups in total. The van der Waals surface area contributed by atoms with Crippen LogP contribution in [0.4, 0.5) is 0 Å². The number of nitrogens with one attached hydrogen (secondary N) is 2. The molecular formula is C14H21Cl2N5O2. The number of carbonyl (C=O) groups is 1. The third kappa shape index (κ3) is 4.75. The van der Waals surface area contributed by atoms with Crippen LogP contribution in [0.25, 0.3) is 10.9 Å². The van der Waals surface area contributed by atoms with Crippen LogP contribution in [0.1, 0.15) is 16.9 Å². The van der Waals surface area contributed by atoms with Gasteiger partial charge < -0.3 is 21.2 Å². The standard InChI is InChI=1S/C14H19N5O2.2ClH/c1-19(14(16)17)13(20)10-8-9-4-2-5-11(12(9)18-10)21-7-3-6-15;;/h2,4-5,8,18H,3,6-7,15H2,1H3,(H3,16,17);2*1H. The molecule has 0 fully saturated rings. The molecule has 128 valence electrons. The van der Waals surface area contributed by atoms with Crippen molar-refractivity contribution in [3.8, 4) is 5.75 Å². The highest BCUT2D eigenvalue weighted by Crippen LogP contribution is 2.26. The highest BCUT2D eigenvalue weighted by Gasteiger charge is 2.17. The summed E-state index contributed by atoms with van der Waals surface area (Å²) in [6.07, 6.45) is 0.760. The summed E-state index contributed by atoms with van der Waals surface area (Å²) in [6, 6.07) is 7.29. The second-order valence-corrected chi connectivity index (χ2v) is 4.64. The highest BCUT2D eigenvalue weighted by molar-refractivity contribution is 6.06. The summed E-state index contributed by atoms with van der Waals surface area (Å²) >= 11 is 0. The van der Waals surface area contributed by atoms with Crippen LogP contribution in [0, 0.1) is 5.41 Å². The van der Waals surface area contributed by atoms with Crippen LogP contribution < -0.4 is 16.2 Å². The number of H-pyrrole nitrogens is 1. The summed E-state index contributed by atoms with van der Waals surface area (Å²) in [4.78, 5) is 16.2. The Balaban J connectivity index is 0.00000242. The topological polar surface area (TPSA) is 121 Å². The first-order chi connectivity index (χ1) is 10.0. The minimum atomic E-state index is -0.369. The zero-order chi connectivity index (χ0) is 15.4. The van der Waals surface area contributed by atoms with Crippen LogP contribution in [0.5, 0.6) is 5.75 Å². The average molecular weight is 362 g/mol. The molecule has 2 rings (SSSR count). The number of hydrogen-bond donors (Lipinski definition) is 4. The van der Waals surface area contributed by atoms with Crippen molar-refractivity contribution < 1.29 is 9.53 Å². The third-order valence-corrected chi connectivity index (χ3v) is 3.12. The lowest BCUT2D eigenvalue weighted by atomic mass is 10.2. The largest absolute Gasteiger partial charge is 0.491 e. The van der Waals surface area contributed by atoms with Crippen molar-refractivity contribution in [2.75, 3.05) is 20.2 Å².